The molecule has 0 saturated carbocycles. The molecule has 0 saturated heterocycles. The van der Waals surface area contributed by atoms with Gasteiger partial charge in [-0.3, -0.25) is 9.59 Å². The first kappa shape index (κ1) is 18.0. The summed E-state index contributed by atoms with van der Waals surface area (Å²) in [5, 5.41) is 5.42. The van der Waals surface area contributed by atoms with E-state index in [1.165, 1.54) is 7.11 Å². The van der Waals surface area contributed by atoms with Gasteiger partial charge in [0, 0.05) is 4.47 Å². The molecule has 24 heavy (non-hydrogen) atoms. The van der Waals surface area contributed by atoms with Crippen molar-refractivity contribution < 1.29 is 14.3 Å². The SMILES string of the molecule is COc1ccc(C)cc1NC(=O)CC(=O)Nc1ccc(C)cc1Br. The number of amides is 2. The van der Waals surface area contributed by atoms with Crippen LogP contribution in [0.3, 0.4) is 0 Å². The average Bonchev–Trinajstić information content (AvgIpc) is 2.50. The third-order valence-electron chi connectivity index (χ3n) is 3.35. The summed E-state index contributed by atoms with van der Waals surface area (Å²) in [4.78, 5) is 24.1. The Morgan fingerprint density at radius 1 is 0.958 bits per heavy atom. The summed E-state index contributed by atoms with van der Waals surface area (Å²) < 4.78 is 5.98. The molecule has 126 valence electrons. The van der Waals surface area contributed by atoms with E-state index in [0.29, 0.717) is 17.1 Å². The van der Waals surface area contributed by atoms with E-state index in [1.807, 2.05) is 32.0 Å². The fourth-order valence-corrected chi connectivity index (χ4v) is 2.77. The van der Waals surface area contributed by atoms with Gasteiger partial charge in [0.2, 0.25) is 11.8 Å². The van der Waals surface area contributed by atoms with Gasteiger partial charge in [0.25, 0.3) is 0 Å². The molecule has 0 aliphatic rings. The number of anilines is 2. The van der Waals surface area contributed by atoms with E-state index in [1.54, 1.807) is 18.2 Å². The number of nitrogens with one attached hydrogen (secondary N) is 2. The van der Waals surface area contributed by atoms with E-state index < -0.39 is 5.91 Å². The van der Waals surface area contributed by atoms with Crippen molar-refractivity contribution in [2.24, 2.45) is 0 Å². The molecule has 0 radical (unpaired) electrons. The lowest BCUT2D eigenvalue weighted by Gasteiger charge is -2.11. The van der Waals surface area contributed by atoms with Crippen LogP contribution in [-0.4, -0.2) is 18.9 Å². The Morgan fingerprint density at radius 2 is 1.54 bits per heavy atom. The van der Waals surface area contributed by atoms with Crippen LogP contribution in [-0.2, 0) is 9.59 Å². The average molecular weight is 391 g/mol. The van der Waals surface area contributed by atoms with E-state index in [2.05, 4.69) is 26.6 Å². The Balaban J connectivity index is 1.99. The Kier molecular flexibility index (Phi) is 5.98. The van der Waals surface area contributed by atoms with Gasteiger partial charge in [-0.15, -0.1) is 0 Å². The topological polar surface area (TPSA) is 67.4 Å². The van der Waals surface area contributed by atoms with Crippen molar-refractivity contribution in [3.05, 3.63) is 52.0 Å². The normalized spacial score (nSPS) is 10.2. The van der Waals surface area contributed by atoms with Crippen LogP contribution in [0.2, 0.25) is 0 Å². The Bertz CT molecular complexity index is 775. The quantitative estimate of drug-likeness (QED) is 0.756. The molecule has 0 fully saturated rings. The molecule has 0 aliphatic heterocycles. The molecule has 0 atom stereocenters. The third-order valence-corrected chi connectivity index (χ3v) is 4.00. The van der Waals surface area contributed by atoms with E-state index in [0.717, 1.165) is 15.6 Å². The molecule has 2 aromatic carbocycles. The summed E-state index contributed by atoms with van der Waals surface area (Å²) in [7, 11) is 1.53. The number of aryl methyl sites for hydroxylation is 2. The molecule has 5 nitrogen and oxygen atoms in total. The Morgan fingerprint density at radius 3 is 2.17 bits per heavy atom. The summed E-state index contributed by atoms with van der Waals surface area (Å²) in [5.41, 5.74) is 3.24. The fraction of sp³-hybridized carbons (Fsp3) is 0.222. The number of hydrogen-bond donors (Lipinski definition) is 2. The van der Waals surface area contributed by atoms with Crippen molar-refractivity contribution in [2.45, 2.75) is 20.3 Å². The van der Waals surface area contributed by atoms with Crippen molar-refractivity contribution in [3.8, 4) is 5.75 Å². The number of rotatable bonds is 5. The molecular formula is C18H19BrN2O3. The molecule has 0 unspecified atom stereocenters. The maximum atomic E-state index is 12.1. The molecule has 0 aliphatic carbocycles. The highest BCUT2D eigenvalue weighted by molar-refractivity contribution is 9.10. The van der Waals surface area contributed by atoms with Crippen molar-refractivity contribution in [1.82, 2.24) is 0 Å². The van der Waals surface area contributed by atoms with Gasteiger partial charge in [-0.05, 0) is 65.2 Å². The van der Waals surface area contributed by atoms with Gasteiger partial charge in [0.05, 0.1) is 18.5 Å². The standard InChI is InChI=1S/C18H19BrN2O3/c1-11-4-6-14(13(19)8-11)20-17(22)10-18(23)21-15-9-12(2)5-7-16(15)24-3/h4-9H,10H2,1-3H3,(H,20,22)(H,21,23). The molecule has 2 aromatic rings. The second kappa shape index (κ2) is 7.97. The smallest absolute Gasteiger partial charge is 0.233 e. The summed E-state index contributed by atoms with van der Waals surface area (Å²) >= 11 is 3.39. The predicted molar refractivity (Wildman–Crippen MR) is 98.5 cm³/mol. The van der Waals surface area contributed by atoms with Gasteiger partial charge < -0.3 is 15.4 Å². The molecule has 6 heteroatoms. The van der Waals surface area contributed by atoms with Gasteiger partial charge in [0.1, 0.15) is 12.2 Å². The molecule has 0 aromatic heterocycles. The minimum atomic E-state index is -0.403. The van der Waals surface area contributed by atoms with Crippen LogP contribution >= 0.6 is 15.9 Å². The van der Waals surface area contributed by atoms with Crippen molar-refractivity contribution in [3.63, 3.8) is 0 Å². The van der Waals surface area contributed by atoms with Crippen LogP contribution in [0.4, 0.5) is 11.4 Å². The van der Waals surface area contributed by atoms with E-state index in [9.17, 15) is 9.59 Å². The van der Waals surface area contributed by atoms with Gasteiger partial charge in [-0.1, -0.05) is 12.1 Å². The highest BCUT2D eigenvalue weighted by atomic mass is 79.9. The van der Waals surface area contributed by atoms with Crippen molar-refractivity contribution in [2.75, 3.05) is 17.7 Å². The largest absolute Gasteiger partial charge is 0.495 e. The van der Waals surface area contributed by atoms with E-state index in [-0.39, 0.29) is 12.3 Å². The van der Waals surface area contributed by atoms with Crippen molar-refractivity contribution in [1.29, 1.82) is 0 Å². The second-order valence-electron chi connectivity index (χ2n) is 5.46. The Labute approximate surface area is 149 Å². The number of benzene rings is 2. The van der Waals surface area contributed by atoms with Crippen LogP contribution in [0, 0.1) is 13.8 Å². The molecule has 2 N–H and O–H groups in total. The molecule has 0 spiro atoms. The summed E-state index contributed by atoms with van der Waals surface area (Å²) in [6.45, 7) is 3.87. The number of ether oxygens (including phenoxy) is 1. The second-order valence-corrected chi connectivity index (χ2v) is 6.31. The minimum Gasteiger partial charge on any atom is -0.495 e. The number of methoxy groups -OCH3 is 1. The summed E-state index contributed by atoms with van der Waals surface area (Å²) in [6.07, 6.45) is -0.280. The number of carbonyl (C=O) groups excluding carboxylic acids is 2. The monoisotopic (exact) mass is 390 g/mol. The molecule has 0 bridgehead atoms. The lowest BCUT2D eigenvalue weighted by Crippen LogP contribution is -2.21. The molecule has 2 rings (SSSR count). The zero-order valence-corrected chi connectivity index (χ0v) is 15.4. The molecular weight excluding hydrogens is 372 g/mol. The zero-order chi connectivity index (χ0) is 17.7. The number of halogens is 1. The van der Waals surface area contributed by atoms with Crippen LogP contribution in [0.15, 0.2) is 40.9 Å². The van der Waals surface area contributed by atoms with Crippen LogP contribution in [0.5, 0.6) is 5.75 Å². The summed E-state index contributed by atoms with van der Waals surface area (Å²) in [5.74, 6) is -0.237. The van der Waals surface area contributed by atoms with E-state index >= 15 is 0 Å². The summed E-state index contributed by atoms with van der Waals surface area (Å²) in [6, 6.07) is 11.0. The van der Waals surface area contributed by atoms with Crippen LogP contribution < -0.4 is 15.4 Å². The highest BCUT2D eigenvalue weighted by Gasteiger charge is 2.13. The maximum absolute atomic E-state index is 12.1. The lowest BCUT2D eigenvalue weighted by atomic mass is 10.2. The van der Waals surface area contributed by atoms with Gasteiger partial charge >= 0.3 is 0 Å². The van der Waals surface area contributed by atoms with Gasteiger partial charge in [-0.2, -0.15) is 0 Å². The third kappa shape index (κ3) is 4.83. The molecule has 0 heterocycles. The first-order valence-electron chi connectivity index (χ1n) is 7.39. The predicted octanol–water partition coefficient (Wildman–Crippen LogP) is 4.04. The minimum absolute atomic E-state index is 0.280. The number of hydrogen-bond acceptors (Lipinski definition) is 3. The fourth-order valence-electron chi connectivity index (χ4n) is 2.18. The maximum Gasteiger partial charge on any atom is 0.233 e. The lowest BCUT2D eigenvalue weighted by molar-refractivity contribution is -0.123. The zero-order valence-electron chi connectivity index (χ0n) is 13.8. The first-order valence-corrected chi connectivity index (χ1v) is 8.19. The first-order chi connectivity index (χ1) is 11.4. The van der Waals surface area contributed by atoms with Crippen LogP contribution in [0.25, 0.3) is 0 Å². The van der Waals surface area contributed by atoms with Crippen LogP contribution in [0.1, 0.15) is 17.5 Å². The van der Waals surface area contributed by atoms with E-state index in [4.69, 9.17) is 4.74 Å². The highest BCUT2D eigenvalue weighted by Crippen LogP contribution is 2.26. The molecule has 2 amide bonds. The van der Waals surface area contributed by atoms with Crippen molar-refractivity contribution >= 4 is 39.1 Å². The van der Waals surface area contributed by atoms with Gasteiger partial charge in [-0.25, -0.2) is 0 Å². The number of carbonyl (C=O) groups is 2. The van der Waals surface area contributed by atoms with Gasteiger partial charge in [0.15, 0.2) is 0 Å². The Hall–Kier alpha value is -2.34.